The Morgan fingerprint density at radius 3 is 2.62 bits per heavy atom. The number of nitrogens with one attached hydrogen (secondary N) is 1. The van der Waals surface area contributed by atoms with Crippen molar-refractivity contribution in [3.8, 4) is 0 Å². The van der Waals surface area contributed by atoms with Gasteiger partial charge in [0.1, 0.15) is 0 Å². The molecule has 0 radical (unpaired) electrons. The van der Waals surface area contributed by atoms with Crippen molar-refractivity contribution in [2.75, 3.05) is 18.0 Å². The minimum atomic E-state index is -4.49. The monoisotopic (exact) mass is 357 g/mol. The first-order valence-corrected chi connectivity index (χ1v) is 8.02. The molecule has 128 valence electrons. The predicted octanol–water partition coefficient (Wildman–Crippen LogP) is 2.57. The molecule has 0 unspecified atom stereocenters. The van der Waals surface area contributed by atoms with Gasteiger partial charge in [-0.1, -0.05) is 0 Å². The Labute approximate surface area is 140 Å². The van der Waals surface area contributed by atoms with Crippen LogP contribution in [0.3, 0.4) is 0 Å². The molecule has 3 N–H and O–H groups in total. The normalized spacial score (nSPS) is 23.2. The van der Waals surface area contributed by atoms with Crippen LogP contribution in [0.5, 0.6) is 0 Å². The zero-order valence-electron chi connectivity index (χ0n) is 12.4. The third-order valence-electron chi connectivity index (χ3n) is 3.85. The smallest absolute Gasteiger partial charge is 0.369 e. The van der Waals surface area contributed by atoms with Crippen molar-refractivity contribution in [1.29, 1.82) is 0 Å². The highest BCUT2D eigenvalue weighted by Crippen LogP contribution is 2.36. The molecule has 0 spiro atoms. The minimum absolute atomic E-state index is 0.0430. The van der Waals surface area contributed by atoms with E-state index in [2.05, 4.69) is 5.32 Å². The summed E-state index contributed by atoms with van der Waals surface area (Å²) in [5.41, 5.74) is 5.86. The van der Waals surface area contributed by atoms with Crippen LogP contribution in [0.4, 0.5) is 23.7 Å². The van der Waals surface area contributed by atoms with Crippen molar-refractivity contribution < 1.29 is 22.8 Å². The molecule has 0 aliphatic carbocycles. The van der Waals surface area contributed by atoms with Gasteiger partial charge in [0.25, 0.3) is 11.1 Å². The van der Waals surface area contributed by atoms with Crippen molar-refractivity contribution >= 4 is 34.7 Å². The first kappa shape index (κ1) is 16.8. The molecule has 0 saturated carbocycles. The molecule has 2 aliphatic rings. The van der Waals surface area contributed by atoms with Gasteiger partial charge < -0.3 is 10.6 Å². The predicted molar refractivity (Wildman–Crippen MR) is 85.4 cm³/mol. The van der Waals surface area contributed by atoms with Gasteiger partial charge in [-0.2, -0.15) is 13.2 Å². The largest absolute Gasteiger partial charge is 0.416 e. The number of imide groups is 1. The van der Waals surface area contributed by atoms with Crippen LogP contribution in [0, 0.1) is 0 Å². The summed E-state index contributed by atoms with van der Waals surface area (Å²) in [6.07, 6.45) is -2.43. The number of benzene rings is 1. The second-order valence-electron chi connectivity index (χ2n) is 5.62. The summed E-state index contributed by atoms with van der Waals surface area (Å²) in [7, 11) is 0. The van der Waals surface area contributed by atoms with Gasteiger partial charge in [-0.15, -0.1) is 0 Å². The number of halogens is 3. The van der Waals surface area contributed by atoms with E-state index < -0.39 is 22.9 Å². The molecule has 0 aromatic heterocycles. The molecule has 3 rings (SSSR count). The standard InChI is InChI=1S/C15H14F3N3O2S/c16-15(17,18)9-1-2-11(21-4-3-10(19)7-21)8(5-9)6-12-13(22)20-14(23)24-12/h1-2,5-6,10H,3-4,7,19H2,(H,20,22,23)/t10-/m0/s1. The lowest BCUT2D eigenvalue weighted by atomic mass is 10.1. The van der Waals surface area contributed by atoms with Crippen LogP contribution in [0.1, 0.15) is 17.5 Å². The molecule has 5 nitrogen and oxygen atoms in total. The fourth-order valence-electron chi connectivity index (χ4n) is 2.70. The van der Waals surface area contributed by atoms with Gasteiger partial charge in [-0.05, 0) is 48.0 Å². The van der Waals surface area contributed by atoms with E-state index in [1.807, 2.05) is 4.90 Å². The molecule has 9 heteroatoms. The van der Waals surface area contributed by atoms with Gasteiger partial charge in [0, 0.05) is 24.8 Å². The fourth-order valence-corrected chi connectivity index (χ4v) is 3.38. The van der Waals surface area contributed by atoms with Gasteiger partial charge >= 0.3 is 6.18 Å². The average molecular weight is 357 g/mol. The van der Waals surface area contributed by atoms with Crippen LogP contribution in [0.2, 0.25) is 0 Å². The molecular formula is C15H14F3N3O2S. The third-order valence-corrected chi connectivity index (χ3v) is 4.66. The Balaban J connectivity index is 2.04. The number of hydrogen-bond acceptors (Lipinski definition) is 5. The first-order chi connectivity index (χ1) is 11.2. The number of alkyl halides is 3. The van der Waals surface area contributed by atoms with E-state index in [0.29, 0.717) is 30.5 Å². The Bertz CT molecular complexity index is 733. The van der Waals surface area contributed by atoms with Crippen molar-refractivity contribution in [3.63, 3.8) is 0 Å². The number of nitrogens with zero attached hydrogens (tertiary/aromatic N) is 1. The maximum absolute atomic E-state index is 13.0. The molecule has 24 heavy (non-hydrogen) atoms. The SMILES string of the molecule is N[C@H]1CCN(c2ccc(C(F)(F)F)cc2C=C2SC(=O)NC2=O)C1. The number of amides is 2. The zero-order valence-corrected chi connectivity index (χ0v) is 13.2. The fraction of sp³-hybridized carbons (Fsp3) is 0.333. The van der Waals surface area contributed by atoms with Gasteiger partial charge in [-0.25, -0.2) is 0 Å². The average Bonchev–Trinajstić information content (AvgIpc) is 3.04. The van der Waals surface area contributed by atoms with Crippen molar-refractivity contribution in [2.45, 2.75) is 18.6 Å². The molecule has 2 heterocycles. The Morgan fingerprint density at radius 2 is 2.08 bits per heavy atom. The number of rotatable bonds is 2. The number of hydrogen-bond donors (Lipinski definition) is 2. The molecule has 1 aromatic rings. The summed E-state index contributed by atoms with van der Waals surface area (Å²) in [6.45, 7) is 1.15. The number of nitrogens with two attached hydrogens (primary N) is 1. The number of carbonyl (C=O) groups excluding carboxylic acids is 2. The van der Waals surface area contributed by atoms with E-state index in [9.17, 15) is 22.8 Å². The quantitative estimate of drug-likeness (QED) is 0.796. The van der Waals surface area contributed by atoms with Gasteiger partial charge in [0.2, 0.25) is 0 Å². The maximum Gasteiger partial charge on any atom is 0.416 e. The highest BCUT2D eigenvalue weighted by Gasteiger charge is 2.32. The lowest BCUT2D eigenvalue weighted by Crippen LogP contribution is -2.26. The van der Waals surface area contributed by atoms with E-state index >= 15 is 0 Å². The van der Waals surface area contributed by atoms with E-state index in [1.54, 1.807) is 0 Å². The molecule has 2 amide bonds. The van der Waals surface area contributed by atoms with Gasteiger partial charge in [0.05, 0.1) is 10.5 Å². The van der Waals surface area contributed by atoms with Crippen LogP contribution in [0.25, 0.3) is 6.08 Å². The lowest BCUT2D eigenvalue weighted by Gasteiger charge is -2.22. The second-order valence-corrected chi connectivity index (χ2v) is 6.63. The number of anilines is 1. The van der Waals surface area contributed by atoms with E-state index in [4.69, 9.17) is 5.73 Å². The van der Waals surface area contributed by atoms with Crippen LogP contribution < -0.4 is 16.0 Å². The molecule has 2 saturated heterocycles. The van der Waals surface area contributed by atoms with Crippen molar-refractivity contribution in [2.24, 2.45) is 5.73 Å². The Kier molecular flexibility index (Phi) is 4.31. The summed E-state index contributed by atoms with van der Waals surface area (Å²) in [4.78, 5) is 24.9. The number of thioether (sulfide) groups is 1. The van der Waals surface area contributed by atoms with E-state index in [0.717, 1.165) is 18.6 Å². The molecule has 1 aromatic carbocycles. The molecular weight excluding hydrogens is 343 g/mol. The van der Waals surface area contributed by atoms with Gasteiger partial charge in [-0.3, -0.25) is 14.9 Å². The number of carbonyl (C=O) groups is 2. The Morgan fingerprint density at radius 1 is 1.33 bits per heavy atom. The zero-order chi connectivity index (χ0) is 17.5. The highest BCUT2D eigenvalue weighted by molar-refractivity contribution is 8.18. The second kappa shape index (κ2) is 6.14. The molecule has 1 atom stereocenters. The summed E-state index contributed by atoms with van der Waals surface area (Å²) >= 11 is 0.671. The van der Waals surface area contributed by atoms with Crippen molar-refractivity contribution in [1.82, 2.24) is 5.32 Å². The maximum atomic E-state index is 13.0. The molecule has 0 bridgehead atoms. The summed E-state index contributed by atoms with van der Waals surface area (Å²) in [6, 6.07) is 3.34. The van der Waals surface area contributed by atoms with Crippen LogP contribution >= 0.6 is 11.8 Å². The van der Waals surface area contributed by atoms with Crippen LogP contribution in [-0.2, 0) is 11.0 Å². The first-order valence-electron chi connectivity index (χ1n) is 7.20. The topological polar surface area (TPSA) is 75.4 Å². The minimum Gasteiger partial charge on any atom is -0.369 e. The molecule has 2 fully saturated rings. The lowest BCUT2D eigenvalue weighted by molar-refractivity contribution is -0.137. The summed E-state index contributed by atoms with van der Waals surface area (Å²) < 4.78 is 39.0. The van der Waals surface area contributed by atoms with Crippen molar-refractivity contribution in [3.05, 3.63) is 34.2 Å². The van der Waals surface area contributed by atoms with Crippen LogP contribution in [0.15, 0.2) is 23.1 Å². The summed E-state index contributed by atoms with van der Waals surface area (Å²) in [5.74, 6) is -0.605. The van der Waals surface area contributed by atoms with E-state index in [-0.39, 0.29) is 16.5 Å². The Hall–Kier alpha value is -2.00. The molecule has 2 aliphatic heterocycles. The van der Waals surface area contributed by atoms with E-state index in [1.165, 1.54) is 12.1 Å². The third kappa shape index (κ3) is 3.41. The highest BCUT2D eigenvalue weighted by atomic mass is 32.2. The van der Waals surface area contributed by atoms with Crippen LogP contribution in [-0.4, -0.2) is 30.3 Å². The van der Waals surface area contributed by atoms with Gasteiger partial charge in [0.15, 0.2) is 0 Å². The summed E-state index contributed by atoms with van der Waals surface area (Å²) in [5, 5.41) is 1.55.